The van der Waals surface area contributed by atoms with E-state index in [4.69, 9.17) is 23.1 Å². The number of ether oxygens (including phenoxy) is 3. The number of alkyl halides is 1. The summed E-state index contributed by atoms with van der Waals surface area (Å²) in [7, 11) is -2.22. The summed E-state index contributed by atoms with van der Waals surface area (Å²) in [5.74, 6) is -0.0788. The second-order valence-corrected chi connectivity index (χ2v) is 21.8. The Morgan fingerprint density at radius 3 is 2.03 bits per heavy atom. The zero-order valence-electron chi connectivity index (χ0n) is 24.0. The van der Waals surface area contributed by atoms with Gasteiger partial charge in [0.25, 0.3) is 0 Å². The maximum absolute atomic E-state index is 14.8. The molecule has 0 aromatic heterocycles. The van der Waals surface area contributed by atoms with Gasteiger partial charge in [-0.1, -0.05) is 41.5 Å². The fourth-order valence-corrected chi connectivity index (χ4v) is 10.3. The summed E-state index contributed by atoms with van der Waals surface area (Å²) in [6.07, 6.45) is -1.20. The van der Waals surface area contributed by atoms with Gasteiger partial charge < -0.3 is 23.1 Å². The second-order valence-electron chi connectivity index (χ2n) is 12.4. The van der Waals surface area contributed by atoms with Crippen molar-refractivity contribution in [3.8, 4) is 0 Å². The number of halogens is 1. The van der Waals surface area contributed by atoms with Crippen LogP contribution in [0.3, 0.4) is 0 Å². The van der Waals surface area contributed by atoms with E-state index in [-0.39, 0.29) is 47.9 Å². The number of methoxy groups -OCH3 is 1. The van der Waals surface area contributed by atoms with Crippen molar-refractivity contribution in [3.63, 3.8) is 0 Å². The molecule has 8 atom stereocenters. The molecule has 202 valence electrons. The van der Waals surface area contributed by atoms with Crippen LogP contribution >= 0.6 is 0 Å². The third-order valence-corrected chi connectivity index (χ3v) is 18.4. The first-order chi connectivity index (χ1) is 15.6. The molecule has 0 N–H and O–H groups in total. The molecule has 0 aliphatic carbocycles. The van der Waals surface area contributed by atoms with Gasteiger partial charge in [0, 0.05) is 25.9 Å². The van der Waals surface area contributed by atoms with Crippen LogP contribution in [0.5, 0.6) is 0 Å². The van der Waals surface area contributed by atoms with Crippen molar-refractivity contribution in [3.05, 3.63) is 0 Å². The molecule has 2 aliphatic rings. The Morgan fingerprint density at radius 1 is 1.00 bits per heavy atom. The third-order valence-electron chi connectivity index (χ3n) is 9.14. The average Bonchev–Trinajstić information content (AvgIpc) is 2.72. The molecule has 5 nitrogen and oxygen atoms in total. The second kappa shape index (κ2) is 11.3. The van der Waals surface area contributed by atoms with Crippen LogP contribution in [0.25, 0.3) is 0 Å². The Morgan fingerprint density at radius 2 is 1.56 bits per heavy atom. The zero-order valence-corrected chi connectivity index (χ0v) is 26.0. The highest BCUT2D eigenvalue weighted by Gasteiger charge is 2.56. The molecule has 0 spiro atoms. The topological polar surface area (TPSA) is 46.2 Å². The van der Waals surface area contributed by atoms with E-state index in [1.807, 2.05) is 6.92 Å². The summed E-state index contributed by atoms with van der Waals surface area (Å²) in [6, 6.07) is 3.08. The summed E-state index contributed by atoms with van der Waals surface area (Å²) < 4.78 is 47.1. The van der Waals surface area contributed by atoms with Crippen LogP contribution in [0, 0.1) is 5.92 Å². The molecular weight excluding hydrogens is 467 g/mol. The van der Waals surface area contributed by atoms with E-state index >= 15 is 0 Å². The molecule has 0 aromatic carbocycles. The van der Waals surface area contributed by atoms with Gasteiger partial charge in [0.1, 0.15) is 0 Å². The number of hydrogen-bond acceptors (Lipinski definition) is 5. The lowest BCUT2D eigenvalue weighted by Gasteiger charge is -2.55. The van der Waals surface area contributed by atoms with Crippen LogP contribution in [0.1, 0.15) is 75.2 Å². The molecule has 2 rings (SSSR count). The summed E-state index contributed by atoms with van der Waals surface area (Å²) in [4.78, 5) is 0. The van der Waals surface area contributed by atoms with Gasteiger partial charge in [-0.15, -0.1) is 0 Å². The van der Waals surface area contributed by atoms with Crippen molar-refractivity contribution < 1.29 is 27.5 Å². The van der Waals surface area contributed by atoms with E-state index in [1.165, 1.54) is 0 Å². The quantitative estimate of drug-likeness (QED) is 0.304. The van der Waals surface area contributed by atoms with Gasteiger partial charge in [0.2, 0.25) is 6.36 Å². The highest BCUT2D eigenvalue weighted by atomic mass is 28.4. The van der Waals surface area contributed by atoms with Gasteiger partial charge in [0.05, 0.1) is 36.1 Å². The minimum absolute atomic E-state index is 0.0788. The van der Waals surface area contributed by atoms with Gasteiger partial charge in [-0.05, 0) is 57.0 Å². The fraction of sp³-hybridized carbons (Fsp3) is 1.00. The van der Waals surface area contributed by atoms with Crippen molar-refractivity contribution >= 4 is 16.6 Å². The molecule has 0 bridgehead atoms. The smallest absolute Gasteiger partial charge is 0.201 e. The summed E-state index contributed by atoms with van der Waals surface area (Å²) in [5, 5.41) is 0.102. The Hall–Kier alpha value is 0.164. The Kier molecular flexibility index (Phi) is 10.1. The van der Waals surface area contributed by atoms with E-state index in [0.717, 1.165) is 18.1 Å². The molecule has 0 radical (unpaired) electrons. The lowest BCUT2D eigenvalue weighted by molar-refractivity contribution is -0.259. The van der Waals surface area contributed by atoms with Crippen LogP contribution in [-0.4, -0.2) is 66.2 Å². The highest BCUT2D eigenvalue weighted by molar-refractivity contribution is 6.74. The number of rotatable bonds is 9. The average molecular weight is 521 g/mol. The lowest BCUT2D eigenvalue weighted by atomic mass is 9.74. The zero-order chi connectivity index (χ0) is 26.1. The first-order valence-electron chi connectivity index (χ1n) is 13.4. The summed E-state index contributed by atoms with van der Waals surface area (Å²) >= 11 is 0. The normalized spacial score (nSPS) is 38.2. The Bertz CT molecular complexity index is 645. The van der Waals surface area contributed by atoms with E-state index in [0.29, 0.717) is 6.42 Å². The van der Waals surface area contributed by atoms with Crippen molar-refractivity contribution in [2.24, 2.45) is 5.92 Å². The molecule has 2 fully saturated rings. The van der Waals surface area contributed by atoms with Crippen LogP contribution in [-0.2, 0) is 23.1 Å². The van der Waals surface area contributed by atoms with Gasteiger partial charge in [0.15, 0.2) is 16.6 Å². The molecular formula is C26H53FO5Si2. The monoisotopic (exact) mass is 520 g/mol. The van der Waals surface area contributed by atoms with Crippen molar-refractivity contribution in [1.82, 2.24) is 0 Å². The van der Waals surface area contributed by atoms with E-state index in [2.05, 4.69) is 68.5 Å². The van der Waals surface area contributed by atoms with Crippen molar-refractivity contribution in [2.45, 2.75) is 154 Å². The lowest BCUT2D eigenvalue weighted by Crippen LogP contribution is -2.64. The molecule has 0 aromatic rings. The first-order valence-corrected chi connectivity index (χ1v) is 18.9. The number of hydrogen-bond donors (Lipinski definition) is 0. The van der Waals surface area contributed by atoms with Crippen molar-refractivity contribution in [1.29, 1.82) is 0 Å². The van der Waals surface area contributed by atoms with Crippen molar-refractivity contribution in [2.75, 3.05) is 7.11 Å². The Balaban J connectivity index is 2.35. The molecule has 2 aliphatic heterocycles. The SMILES string of the molecule is CC[Si](CC)(CC)O[C@@]1(C)C[C@H](F)O[C@@H](C)[C@@H]1[C@H]1C[C@@H](OC)[C@H](O[Si](C)(C)C(C)(C)C)[C@@H](C)O1. The Labute approximate surface area is 211 Å². The van der Waals surface area contributed by atoms with Crippen LogP contribution in [0.4, 0.5) is 4.39 Å². The maximum atomic E-state index is 14.8. The van der Waals surface area contributed by atoms with E-state index in [9.17, 15) is 4.39 Å². The first kappa shape index (κ1) is 30.4. The summed E-state index contributed by atoms with van der Waals surface area (Å²) in [5.41, 5.74) is -0.638. The maximum Gasteiger partial charge on any atom is 0.201 e. The summed E-state index contributed by atoms with van der Waals surface area (Å²) in [6.45, 7) is 24.1. The van der Waals surface area contributed by atoms with E-state index < -0.39 is 28.6 Å². The van der Waals surface area contributed by atoms with Crippen LogP contribution in [0.15, 0.2) is 0 Å². The minimum Gasteiger partial charge on any atom is -0.411 e. The molecule has 0 amide bonds. The van der Waals surface area contributed by atoms with Gasteiger partial charge in [-0.3, -0.25) is 0 Å². The predicted molar refractivity (Wildman–Crippen MR) is 142 cm³/mol. The molecule has 2 saturated heterocycles. The van der Waals surface area contributed by atoms with E-state index in [1.54, 1.807) is 7.11 Å². The minimum atomic E-state index is -2.00. The van der Waals surface area contributed by atoms with Gasteiger partial charge >= 0.3 is 0 Å². The molecule has 0 unspecified atom stereocenters. The van der Waals surface area contributed by atoms with Gasteiger partial charge in [-0.25, -0.2) is 4.39 Å². The highest BCUT2D eigenvalue weighted by Crippen LogP contribution is 2.47. The molecule has 34 heavy (non-hydrogen) atoms. The fourth-order valence-electron chi connectivity index (χ4n) is 5.81. The van der Waals surface area contributed by atoms with Crippen LogP contribution in [0.2, 0.25) is 36.3 Å². The van der Waals surface area contributed by atoms with Gasteiger partial charge in [-0.2, -0.15) is 0 Å². The third kappa shape index (κ3) is 6.35. The standard InChI is InChI=1S/C26H53FO5Si2/c1-13-34(14-2,15-3)32-26(9)17-22(27)30-18(4)23(26)20-16-21(28-10)24(19(5)29-20)31-33(11,12)25(6,7)8/h18-24H,13-17H2,1-12H3/t18-,19+,20+,21+,22+,23+,24+,26-/m0/s1. The molecule has 2 heterocycles. The molecule has 8 heteroatoms. The van der Waals surface area contributed by atoms with Crippen LogP contribution < -0.4 is 0 Å². The predicted octanol–water partition coefficient (Wildman–Crippen LogP) is 7.07. The molecule has 0 saturated carbocycles. The largest absolute Gasteiger partial charge is 0.411 e.